The molecule has 3 atom stereocenters. The van der Waals surface area contributed by atoms with Crippen LogP contribution in [-0.4, -0.2) is 41.4 Å². The molecule has 2 amide bonds. The lowest BCUT2D eigenvalue weighted by atomic mass is 9.90. The summed E-state index contributed by atoms with van der Waals surface area (Å²) >= 11 is 0. The number of anilines is 1. The number of hydrogen-bond acceptors (Lipinski definition) is 5. The van der Waals surface area contributed by atoms with Gasteiger partial charge in [0.1, 0.15) is 5.75 Å². The normalized spacial score (nSPS) is 20.7. The van der Waals surface area contributed by atoms with Crippen molar-refractivity contribution in [3.05, 3.63) is 53.8 Å². The molecule has 0 radical (unpaired) electrons. The summed E-state index contributed by atoms with van der Waals surface area (Å²) in [4.78, 5) is 31.8. The summed E-state index contributed by atoms with van der Waals surface area (Å²) in [6.07, 6.45) is 8.94. The van der Waals surface area contributed by atoms with Gasteiger partial charge in [-0.15, -0.1) is 0 Å². The quantitative estimate of drug-likeness (QED) is 0.577. The summed E-state index contributed by atoms with van der Waals surface area (Å²) in [6, 6.07) is 6.29. The molecule has 2 aliphatic rings. The topological polar surface area (TPSA) is 71.5 Å². The minimum atomic E-state index is -0.329. The number of ether oxygens (including phenoxy) is 1. The van der Waals surface area contributed by atoms with Crippen molar-refractivity contribution in [2.45, 2.75) is 58.9 Å². The van der Waals surface area contributed by atoms with E-state index in [9.17, 15) is 9.59 Å². The maximum atomic E-state index is 12.7. The standard InChI is InChI=1S/C28H35N3O3/c1-17-16-23(28(3,4)5)30-25-21(13-14-22(34-6)24(17)25)29-18(2)10-9-15-31-26(32)19-11-7-8-12-20(19)27(31)33/h7-8,11-14,16,18-20,29H,9-10,15H2,1-6H3. The summed E-state index contributed by atoms with van der Waals surface area (Å²) in [7, 11) is 1.68. The zero-order valence-corrected chi connectivity index (χ0v) is 21.0. The summed E-state index contributed by atoms with van der Waals surface area (Å²) in [5, 5.41) is 4.63. The van der Waals surface area contributed by atoms with Gasteiger partial charge in [0.05, 0.1) is 30.1 Å². The third-order valence-electron chi connectivity index (χ3n) is 6.77. The summed E-state index contributed by atoms with van der Waals surface area (Å²) < 4.78 is 5.63. The number of benzene rings is 1. The second kappa shape index (κ2) is 9.24. The van der Waals surface area contributed by atoms with Crippen LogP contribution in [0, 0.1) is 18.8 Å². The molecule has 0 saturated carbocycles. The number of methoxy groups -OCH3 is 1. The Bertz CT molecular complexity index is 1150. The Morgan fingerprint density at radius 2 is 1.76 bits per heavy atom. The number of carbonyl (C=O) groups excluding carboxylic acids is 2. The average molecular weight is 462 g/mol. The molecule has 1 N–H and O–H groups in total. The van der Waals surface area contributed by atoms with Crippen molar-refractivity contribution in [1.82, 2.24) is 9.88 Å². The van der Waals surface area contributed by atoms with Gasteiger partial charge in [-0.25, -0.2) is 4.98 Å². The number of aromatic nitrogens is 1. The SMILES string of the molecule is COc1ccc(NC(C)CCCN2C(=O)C3C=CC=CC3C2=O)c2nc(C(C)(C)C)cc(C)c12. The van der Waals surface area contributed by atoms with Crippen LogP contribution < -0.4 is 10.1 Å². The molecule has 0 bridgehead atoms. The van der Waals surface area contributed by atoms with Crippen molar-refractivity contribution in [3.8, 4) is 5.75 Å². The molecular weight excluding hydrogens is 426 g/mol. The van der Waals surface area contributed by atoms with Crippen molar-refractivity contribution >= 4 is 28.4 Å². The average Bonchev–Trinajstić information content (AvgIpc) is 3.03. The van der Waals surface area contributed by atoms with E-state index in [0.717, 1.165) is 46.4 Å². The molecule has 0 spiro atoms. The monoisotopic (exact) mass is 461 g/mol. The lowest BCUT2D eigenvalue weighted by Crippen LogP contribution is -2.32. The smallest absolute Gasteiger partial charge is 0.237 e. The van der Waals surface area contributed by atoms with Crippen LogP contribution in [-0.2, 0) is 15.0 Å². The van der Waals surface area contributed by atoms with Gasteiger partial charge in [-0.2, -0.15) is 0 Å². The highest BCUT2D eigenvalue weighted by atomic mass is 16.5. The largest absolute Gasteiger partial charge is 0.496 e. The maximum Gasteiger partial charge on any atom is 0.237 e. The Morgan fingerprint density at radius 1 is 1.12 bits per heavy atom. The number of imide groups is 1. The highest BCUT2D eigenvalue weighted by molar-refractivity contribution is 6.07. The molecule has 6 heteroatoms. The predicted octanol–water partition coefficient (Wildman–Crippen LogP) is 5.16. The van der Waals surface area contributed by atoms with Crippen molar-refractivity contribution in [3.63, 3.8) is 0 Å². The molecule has 2 heterocycles. The number of nitrogens with one attached hydrogen (secondary N) is 1. The van der Waals surface area contributed by atoms with E-state index in [2.05, 4.69) is 46.0 Å². The van der Waals surface area contributed by atoms with Crippen LogP contribution in [0.5, 0.6) is 5.75 Å². The van der Waals surface area contributed by atoms with Crippen LogP contribution in [0.25, 0.3) is 10.9 Å². The van der Waals surface area contributed by atoms with Gasteiger partial charge in [-0.1, -0.05) is 45.1 Å². The summed E-state index contributed by atoms with van der Waals surface area (Å²) in [5.41, 5.74) is 3.98. The van der Waals surface area contributed by atoms with E-state index in [0.29, 0.717) is 6.54 Å². The van der Waals surface area contributed by atoms with Crippen molar-refractivity contribution < 1.29 is 14.3 Å². The second-order valence-electron chi connectivity index (χ2n) is 10.5. The fourth-order valence-corrected chi connectivity index (χ4v) is 4.83. The Morgan fingerprint density at radius 3 is 2.35 bits per heavy atom. The second-order valence-corrected chi connectivity index (χ2v) is 10.5. The lowest BCUT2D eigenvalue weighted by Gasteiger charge is -2.23. The van der Waals surface area contributed by atoms with Gasteiger partial charge in [0.2, 0.25) is 11.8 Å². The van der Waals surface area contributed by atoms with Gasteiger partial charge in [0.25, 0.3) is 0 Å². The Labute approximate surface area is 202 Å². The number of amides is 2. The number of pyridine rings is 1. The third kappa shape index (κ3) is 4.46. The number of carbonyl (C=O) groups is 2. The lowest BCUT2D eigenvalue weighted by molar-refractivity contribution is -0.139. The van der Waals surface area contributed by atoms with E-state index in [-0.39, 0.29) is 35.1 Å². The minimum Gasteiger partial charge on any atom is -0.496 e. The molecule has 1 aromatic carbocycles. The first-order valence-corrected chi connectivity index (χ1v) is 12.1. The Kier molecular flexibility index (Phi) is 6.52. The van der Waals surface area contributed by atoms with Gasteiger partial charge in [-0.05, 0) is 50.5 Å². The van der Waals surface area contributed by atoms with Gasteiger partial charge in [0.15, 0.2) is 0 Å². The molecule has 6 nitrogen and oxygen atoms in total. The van der Waals surface area contributed by atoms with Gasteiger partial charge >= 0.3 is 0 Å². The predicted molar refractivity (Wildman–Crippen MR) is 136 cm³/mol. The molecule has 34 heavy (non-hydrogen) atoms. The third-order valence-corrected chi connectivity index (χ3v) is 6.77. The highest BCUT2D eigenvalue weighted by Gasteiger charge is 2.45. The van der Waals surface area contributed by atoms with E-state index in [4.69, 9.17) is 9.72 Å². The van der Waals surface area contributed by atoms with Gasteiger partial charge in [-0.3, -0.25) is 14.5 Å². The number of fused-ring (bicyclic) bond motifs is 2. The summed E-state index contributed by atoms with van der Waals surface area (Å²) in [6.45, 7) is 11.2. The molecule has 4 rings (SSSR count). The molecule has 3 unspecified atom stereocenters. The van der Waals surface area contributed by atoms with E-state index >= 15 is 0 Å². The van der Waals surface area contributed by atoms with Crippen LogP contribution in [0.1, 0.15) is 51.8 Å². The molecule has 1 aliphatic carbocycles. The van der Waals surface area contributed by atoms with Crippen molar-refractivity contribution in [2.75, 3.05) is 19.0 Å². The van der Waals surface area contributed by atoms with E-state index in [1.807, 2.05) is 36.4 Å². The van der Waals surface area contributed by atoms with Crippen molar-refractivity contribution in [2.24, 2.45) is 11.8 Å². The van der Waals surface area contributed by atoms with Crippen LogP contribution in [0.15, 0.2) is 42.5 Å². The molecule has 1 fully saturated rings. The first-order chi connectivity index (χ1) is 16.1. The Hall–Kier alpha value is -3.15. The van der Waals surface area contributed by atoms with Crippen LogP contribution in [0.2, 0.25) is 0 Å². The number of nitrogens with zero attached hydrogens (tertiary/aromatic N) is 2. The molecular formula is C28H35N3O3. The fourth-order valence-electron chi connectivity index (χ4n) is 4.83. The first kappa shape index (κ1) is 24.0. The molecule has 180 valence electrons. The molecule has 2 aromatic rings. The van der Waals surface area contributed by atoms with E-state index in [1.54, 1.807) is 7.11 Å². The highest BCUT2D eigenvalue weighted by Crippen LogP contribution is 2.36. The van der Waals surface area contributed by atoms with E-state index < -0.39 is 0 Å². The summed E-state index contributed by atoms with van der Waals surface area (Å²) in [5.74, 6) is 0.00264. The zero-order chi connectivity index (χ0) is 24.6. The van der Waals surface area contributed by atoms with Crippen molar-refractivity contribution in [1.29, 1.82) is 0 Å². The number of hydrogen-bond donors (Lipinski definition) is 1. The zero-order valence-electron chi connectivity index (χ0n) is 21.0. The van der Waals surface area contributed by atoms with Gasteiger partial charge < -0.3 is 10.1 Å². The van der Waals surface area contributed by atoms with Gasteiger partial charge in [0, 0.05) is 29.1 Å². The van der Waals surface area contributed by atoms with E-state index in [1.165, 1.54) is 4.90 Å². The fraction of sp³-hybridized carbons (Fsp3) is 0.464. The minimum absolute atomic E-state index is 0.0682. The molecule has 1 aliphatic heterocycles. The number of likely N-dealkylation sites (tertiary alicyclic amines) is 1. The number of aryl methyl sites for hydroxylation is 1. The van der Waals surface area contributed by atoms with Crippen LogP contribution in [0.3, 0.4) is 0 Å². The maximum absolute atomic E-state index is 12.7. The Balaban J connectivity index is 1.48. The first-order valence-electron chi connectivity index (χ1n) is 12.1. The molecule has 1 aromatic heterocycles. The molecule has 1 saturated heterocycles. The number of rotatable bonds is 7. The van der Waals surface area contributed by atoms with Crippen LogP contribution in [0.4, 0.5) is 5.69 Å². The number of allylic oxidation sites excluding steroid dienone is 2. The van der Waals surface area contributed by atoms with Crippen LogP contribution >= 0.6 is 0 Å².